The van der Waals surface area contributed by atoms with E-state index in [1.165, 1.54) is 0 Å². The second-order valence-electron chi connectivity index (χ2n) is 6.05. The van der Waals surface area contributed by atoms with Gasteiger partial charge >= 0.3 is 0 Å². The SMILES string of the molecule is COc1ccc(-c2noc(CN3CCN(c4ncccn4)CC3)n2)cc1. The van der Waals surface area contributed by atoms with E-state index in [9.17, 15) is 0 Å². The van der Waals surface area contributed by atoms with Gasteiger partial charge in [-0.15, -0.1) is 0 Å². The molecular weight excluding hydrogens is 332 g/mol. The first-order valence-electron chi connectivity index (χ1n) is 8.53. The summed E-state index contributed by atoms with van der Waals surface area (Å²) in [7, 11) is 1.64. The Labute approximate surface area is 151 Å². The molecule has 0 N–H and O–H groups in total. The third kappa shape index (κ3) is 3.65. The number of nitrogens with zero attached hydrogens (tertiary/aromatic N) is 6. The van der Waals surface area contributed by atoms with Crippen molar-refractivity contribution >= 4 is 5.95 Å². The molecule has 0 radical (unpaired) electrons. The molecular formula is C18H20N6O2. The Hall–Kier alpha value is -3.00. The average molecular weight is 352 g/mol. The van der Waals surface area contributed by atoms with E-state index in [1.54, 1.807) is 19.5 Å². The van der Waals surface area contributed by atoms with Gasteiger partial charge in [0.15, 0.2) is 0 Å². The van der Waals surface area contributed by atoms with Gasteiger partial charge < -0.3 is 14.2 Å². The molecule has 1 aliphatic rings. The monoisotopic (exact) mass is 352 g/mol. The zero-order valence-corrected chi connectivity index (χ0v) is 14.6. The number of ether oxygens (including phenoxy) is 1. The first-order valence-corrected chi connectivity index (χ1v) is 8.53. The maximum atomic E-state index is 5.42. The van der Waals surface area contributed by atoms with E-state index in [0.717, 1.165) is 43.4 Å². The van der Waals surface area contributed by atoms with Crippen molar-refractivity contribution in [3.05, 3.63) is 48.6 Å². The van der Waals surface area contributed by atoms with E-state index in [0.29, 0.717) is 18.3 Å². The van der Waals surface area contributed by atoms with E-state index in [1.807, 2.05) is 30.3 Å². The number of piperazine rings is 1. The summed E-state index contributed by atoms with van der Waals surface area (Å²) in [4.78, 5) is 17.6. The lowest BCUT2D eigenvalue weighted by atomic mass is 10.2. The Balaban J connectivity index is 1.35. The summed E-state index contributed by atoms with van der Waals surface area (Å²) in [6, 6.07) is 9.44. The molecule has 0 bridgehead atoms. The van der Waals surface area contributed by atoms with Crippen molar-refractivity contribution in [3.8, 4) is 17.1 Å². The fraction of sp³-hybridized carbons (Fsp3) is 0.333. The molecule has 3 heterocycles. The minimum atomic E-state index is 0.596. The van der Waals surface area contributed by atoms with Crippen molar-refractivity contribution in [2.45, 2.75) is 6.54 Å². The van der Waals surface area contributed by atoms with Crippen molar-refractivity contribution < 1.29 is 9.26 Å². The standard InChI is InChI=1S/C18H20N6O2/c1-25-15-5-3-14(4-6-15)17-21-16(26-22-17)13-23-9-11-24(12-10-23)18-19-7-2-8-20-18/h2-8H,9-13H2,1H3. The normalized spacial score (nSPS) is 15.2. The Morgan fingerprint density at radius 3 is 2.46 bits per heavy atom. The number of methoxy groups -OCH3 is 1. The van der Waals surface area contributed by atoms with Crippen molar-refractivity contribution in [2.24, 2.45) is 0 Å². The van der Waals surface area contributed by atoms with Gasteiger partial charge in [0.1, 0.15) is 5.75 Å². The molecule has 0 saturated carbocycles. The predicted molar refractivity (Wildman–Crippen MR) is 95.8 cm³/mol. The molecule has 0 spiro atoms. The van der Waals surface area contributed by atoms with Gasteiger partial charge in [0, 0.05) is 44.1 Å². The van der Waals surface area contributed by atoms with Gasteiger partial charge in [-0.2, -0.15) is 4.98 Å². The summed E-state index contributed by atoms with van der Waals surface area (Å²) in [5, 5.41) is 4.09. The largest absolute Gasteiger partial charge is 0.497 e. The highest BCUT2D eigenvalue weighted by Crippen LogP contribution is 2.20. The Kier molecular flexibility index (Phi) is 4.74. The highest BCUT2D eigenvalue weighted by Gasteiger charge is 2.20. The van der Waals surface area contributed by atoms with E-state index >= 15 is 0 Å². The number of rotatable bonds is 5. The van der Waals surface area contributed by atoms with Crippen LogP contribution in [-0.2, 0) is 6.54 Å². The Morgan fingerprint density at radius 1 is 1.04 bits per heavy atom. The third-order valence-corrected chi connectivity index (χ3v) is 4.38. The Bertz CT molecular complexity index is 828. The zero-order valence-electron chi connectivity index (χ0n) is 14.6. The number of hydrogen-bond donors (Lipinski definition) is 0. The minimum Gasteiger partial charge on any atom is -0.497 e. The van der Waals surface area contributed by atoms with Crippen LogP contribution in [0.1, 0.15) is 5.89 Å². The summed E-state index contributed by atoms with van der Waals surface area (Å²) < 4.78 is 10.6. The van der Waals surface area contributed by atoms with E-state index < -0.39 is 0 Å². The van der Waals surface area contributed by atoms with Gasteiger partial charge in [-0.05, 0) is 30.3 Å². The molecule has 0 aliphatic carbocycles. The van der Waals surface area contributed by atoms with Crippen molar-refractivity contribution in [1.82, 2.24) is 25.0 Å². The molecule has 1 fully saturated rings. The maximum Gasteiger partial charge on any atom is 0.241 e. The van der Waals surface area contributed by atoms with Gasteiger partial charge in [-0.1, -0.05) is 5.16 Å². The van der Waals surface area contributed by atoms with Gasteiger partial charge in [0.2, 0.25) is 17.7 Å². The lowest BCUT2D eigenvalue weighted by molar-refractivity contribution is 0.214. The molecule has 1 aliphatic heterocycles. The fourth-order valence-electron chi connectivity index (χ4n) is 2.93. The van der Waals surface area contributed by atoms with Crippen molar-refractivity contribution in [1.29, 1.82) is 0 Å². The Morgan fingerprint density at radius 2 is 1.77 bits per heavy atom. The van der Waals surface area contributed by atoms with Crippen LogP contribution in [0.2, 0.25) is 0 Å². The van der Waals surface area contributed by atoms with E-state index in [-0.39, 0.29) is 0 Å². The minimum absolute atomic E-state index is 0.596. The van der Waals surface area contributed by atoms with Crippen LogP contribution in [0.4, 0.5) is 5.95 Å². The summed E-state index contributed by atoms with van der Waals surface area (Å²) in [6.07, 6.45) is 3.54. The molecule has 0 amide bonds. The van der Waals surface area contributed by atoms with Crippen LogP contribution in [0.3, 0.4) is 0 Å². The van der Waals surface area contributed by atoms with Gasteiger partial charge in [0.25, 0.3) is 0 Å². The molecule has 4 rings (SSSR count). The summed E-state index contributed by atoms with van der Waals surface area (Å²) >= 11 is 0. The summed E-state index contributed by atoms with van der Waals surface area (Å²) in [5.74, 6) is 2.81. The lowest BCUT2D eigenvalue weighted by Gasteiger charge is -2.33. The highest BCUT2D eigenvalue weighted by atomic mass is 16.5. The molecule has 1 aromatic carbocycles. The van der Waals surface area contributed by atoms with Crippen LogP contribution in [0.5, 0.6) is 5.75 Å². The molecule has 1 saturated heterocycles. The third-order valence-electron chi connectivity index (χ3n) is 4.38. The van der Waals surface area contributed by atoms with Crippen LogP contribution >= 0.6 is 0 Å². The predicted octanol–water partition coefficient (Wildman–Crippen LogP) is 1.86. The summed E-state index contributed by atoms with van der Waals surface area (Å²) in [5.41, 5.74) is 0.909. The second-order valence-corrected chi connectivity index (χ2v) is 6.05. The van der Waals surface area contributed by atoms with Crippen LogP contribution in [0, 0.1) is 0 Å². The van der Waals surface area contributed by atoms with Crippen LogP contribution < -0.4 is 9.64 Å². The molecule has 0 unspecified atom stereocenters. The highest BCUT2D eigenvalue weighted by molar-refractivity contribution is 5.55. The van der Waals surface area contributed by atoms with Gasteiger partial charge in [-0.3, -0.25) is 4.90 Å². The van der Waals surface area contributed by atoms with E-state index in [2.05, 4.69) is 29.9 Å². The van der Waals surface area contributed by atoms with Crippen molar-refractivity contribution in [2.75, 3.05) is 38.2 Å². The van der Waals surface area contributed by atoms with Gasteiger partial charge in [0.05, 0.1) is 13.7 Å². The number of hydrogen-bond acceptors (Lipinski definition) is 8. The molecule has 26 heavy (non-hydrogen) atoms. The lowest BCUT2D eigenvalue weighted by Crippen LogP contribution is -2.46. The van der Waals surface area contributed by atoms with Crippen LogP contribution in [0.15, 0.2) is 47.2 Å². The maximum absolute atomic E-state index is 5.42. The molecule has 0 atom stereocenters. The molecule has 8 heteroatoms. The molecule has 2 aromatic heterocycles. The first kappa shape index (κ1) is 16.5. The number of aromatic nitrogens is 4. The summed E-state index contributed by atoms with van der Waals surface area (Å²) in [6.45, 7) is 4.20. The zero-order chi connectivity index (χ0) is 17.8. The average Bonchev–Trinajstić information content (AvgIpc) is 3.18. The molecule has 3 aromatic rings. The number of anilines is 1. The number of benzene rings is 1. The first-order chi connectivity index (χ1) is 12.8. The van der Waals surface area contributed by atoms with Gasteiger partial charge in [-0.25, -0.2) is 9.97 Å². The topological polar surface area (TPSA) is 80.4 Å². The van der Waals surface area contributed by atoms with Crippen molar-refractivity contribution in [3.63, 3.8) is 0 Å². The quantitative estimate of drug-likeness (QED) is 0.688. The smallest absolute Gasteiger partial charge is 0.241 e. The molecule has 8 nitrogen and oxygen atoms in total. The second kappa shape index (κ2) is 7.49. The fourth-order valence-corrected chi connectivity index (χ4v) is 2.93. The molecule has 134 valence electrons. The van der Waals surface area contributed by atoms with Crippen LogP contribution in [-0.4, -0.2) is 58.3 Å². The van der Waals surface area contributed by atoms with E-state index in [4.69, 9.17) is 9.26 Å². The van der Waals surface area contributed by atoms with Crippen LogP contribution in [0.25, 0.3) is 11.4 Å².